The smallest absolute Gasteiger partial charge is 0.165 e. The summed E-state index contributed by atoms with van der Waals surface area (Å²) in [6.45, 7) is 0. The van der Waals surface area contributed by atoms with E-state index in [1.54, 1.807) is 11.3 Å². The van der Waals surface area contributed by atoms with Gasteiger partial charge in [-0.1, -0.05) is 146 Å². The van der Waals surface area contributed by atoms with Crippen LogP contribution in [0, 0.1) is 0 Å². The summed E-state index contributed by atoms with van der Waals surface area (Å²) in [4.78, 5) is 15.6. The summed E-state index contributed by atoms with van der Waals surface area (Å²) in [6, 6.07) is 71.5. The van der Waals surface area contributed by atoms with Crippen molar-refractivity contribution in [2.45, 2.75) is 0 Å². The predicted molar refractivity (Wildman–Crippen MR) is 255 cm³/mol. The van der Waals surface area contributed by atoms with Gasteiger partial charge < -0.3 is 9.13 Å². The number of thiophene rings is 1. The average molecular weight is 796 g/mol. The van der Waals surface area contributed by atoms with Crippen LogP contribution in [0.25, 0.3) is 120 Å². The molecule has 0 atom stereocenters. The zero-order valence-corrected chi connectivity index (χ0v) is 33.5. The summed E-state index contributed by atoms with van der Waals surface area (Å²) in [7, 11) is 0. The van der Waals surface area contributed by atoms with E-state index >= 15 is 0 Å². The molecule has 0 radical (unpaired) electrons. The van der Waals surface area contributed by atoms with Gasteiger partial charge in [0, 0.05) is 69.8 Å². The molecule has 13 aromatic rings. The molecule has 0 fully saturated rings. The van der Waals surface area contributed by atoms with Crippen molar-refractivity contribution >= 4 is 85.9 Å². The fraction of sp³-hybridized carbons (Fsp3) is 0. The molecule has 0 spiro atoms. The van der Waals surface area contributed by atoms with Gasteiger partial charge in [0.15, 0.2) is 17.5 Å². The minimum Gasteiger partial charge on any atom is -0.309 e. The van der Waals surface area contributed by atoms with Crippen LogP contribution in [-0.4, -0.2) is 24.1 Å². The molecule has 61 heavy (non-hydrogen) atoms. The summed E-state index contributed by atoms with van der Waals surface area (Å²) >= 11 is 1.79. The Morgan fingerprint density at radius 1 is 0.344 bits per heavy atom. The van der Waals surface area contributed by atoms with Crippen molar-refractivity contribution in [3.8, 4) is 45.5 Å². The molecule has 0 aliphatic carbocycles. The molecule has 5 nitrogen and oxygen atoms in total. The van der Waals surface area contributed by atoms with E-state index < -0.39 is 0 Å². The Bertz CT molecular complexity index is 3770. The number of fused-ring (bicyclic) bond motifs is 11. The molecule has 0 aliphatic rings. The van der Waals surface area contributed by atoms with Gasteiger partial charge in [0.25, 0.3) is 0 Å². The van der Waals surface area contributed by atoms with Crippen molar-refractivity contribution in [1.82, 2.24) is 24.1 Å². The minimum atomic E-state index is 0.644. The van der Waals surface area contributed by atoms with Crippen molar-refractivity contribution in [2.75, 3.05) is 0 Å². The van der Waals surface area contributed by atoms with Crippen LogP contribution in [0.3, 0.4) is 0 Å². The first-order valence-corrected chi connectivity index (χ1v) is 21.3. The summed E-state index contributed by atoms with van der Waals surface area (Å²) in [5.41, 5.74) is 9.70. The van der Waals surface area contributed by atoms with Gasteiger partial charge in [-0.15, -0.1) is 11.3 Å². The third-order valence-corrected chi connectivity index (χ3v) is 13.4. The van der Waals surface area contributed by atoms with Crippen molar-refractivity contribution in [2.24, 2.45) is 0 Å². The van der Waals surface area contributed by atoms with Gasteiger partial charge >= 0.3 is 0 Å². The first-order valence-electron chi connectivity index (χ1n) is 20.5. The van der Waals surface area contributed by atoms with Crippen molar-refractivity contribution < 1.29 is 0 Å². The molecule has 13 rings (SSSR count). The highest BCUT2D eigenvalue weighted by Crippen LogP contribution is 2.45. The quantitative estimate of drug-likeness (QED) is 0.174. The Balaban J connectivity index is 1.13. The van der Waals surface area contributed by atoms with Gasteiger partial charge in [0.05, 0.1) is 22.1 Å². The lowest BCUT2D eigenvalue weighted by Gasteiger charge is -2.13. The highest BCUT2D eigenvalue weighted by atomic mass is 32.1. The fourth-order valence-electron chi connectivity index (χ4n) is 9.43. The second-order valence-corrected chi connectivity index (χ2v) is 16.6. The number of hydrogen-bond acceptors (Lipinski definition) is 4. The van der Waals surface area contributed by atoms with E-state index in [9.17, 15) is 0 Å². The number of para-hydroxylation sites is 2. The van der Waals surface area contributed by atoms with Crippen molar-refractivity contribution in [1.29, 1.82) is 0 Å². The van der Waals surface area contributed by atoms with E-state index in [2.05, 4.69) is 173 Å². The first-order chi connectivity index (χ1) is 30.2. The van der Waals surface area contributed by atoms with Crippen LogP contribution in [0.4, 0.5) is 0 Å². The molecule has 0 N–H and O–H groups in total. The second-order valence-electron chi connectivity index (χ2n) is 15.6. The maximum Gasteiger partial charge on any atom is 0.165 e. The largest absolute Gasteiger partial charge is 0.309 e. The SMILES string of the molecule is c1ccc(-c2nc(-c3ccccc3)nc(-c3cc(-n4c5ccc(-n6c7ccccc7c7ccccc76)cc5c5c6ccccc6ccc54)cc4c3sc3ccccc34)n2)cc1. The molecule has 0 unspecified atom stereocenters. The molecule has 4 aromatic heterocycles. The lowest BCUT2D eigenvalue weighted by atomic mass is 10.0. The van der Waals surface area contributed by atoms with E-state index in [0.29, 0.717) is 17.5 Å². The minimum absolute atomic E-state index is 0.644. The van der Waals surface area contributed by atoms with Crippen LogP contribution in [0.5, 0.6) is 0 Å². The third-order valence-electron chi connectivity index (χ3n) is 12.1. The van der Waals surface area contributed by atoms with Crippen LogP contribution in [-0.2, 0) is 0 Å². The molecular weight excluding hydrogens is 763 g/mol. The van der Waals surface area contributed by atoms with Crippen LogP contribution < -0.4 is 0 Å². The fourth-order valence-corrected chi connectivity index (χ4v) is 10.6. The summed E-state index contributed by atoms with van der Waals surface area (Å²) in [5.74, 6) is 1.93. The molecule has 9 aromatic carbocycles. The van der Waals surface area contributed by atoms with E-state index in [4.69, 9.17) is 15.0 Å². The predicted octanol–water partition coefficient (Wildman–Crippen LogP) is 14.6. The van der Waals surface area contributed by atoms with Crippen molar-refractivity contribution in [3.05, 3.63) is 200 Å². The molecule has 0 saturated heterocycles. The topological polar surface area (TPSA) is 48.5 Å². The average Bonchev–Trinajstić information content (AvgIpc) is 3.99. The Hall–Kier alpha value is -7.93. The Morgan fingerprint density at radius 2 is 0.869 bits per heavy atom. The van der Waals surface area contributed by atoms with Gasteiger partial charge in [-0.05, 0) is 65.4 Å². The molecule has 6 heteroatoms. The summed E-state index contributed by atoms with van der Waals surface area (Å²) < 4.78 is 7.23. The monoisotopic (exact) mass is 795 g/mol. The molecular formula is C55H33N5S. The summed E-state index contributed by atoms with van der Waals surface area (Å²) in [5, 5.41) is 9.75. The van der Waals surface area contributed by atoms with E-state index in [-0.39, 0.29) is 0 Å². The first kappa shape index (κ1) is 34.0. The maximum atomic E-state index is 5.27. The number of nitrogens with zero attached hydrogens (tertiary/aromatic N) is 5. The van der Waals surface area contributed by atoms with Gasteiger partial charge in [0.1, 0.15) is 0 Å². The van der Waals surface area contributed by atoms with Gasteiger partial charge in [0.2, 0.25) is 0 Å². The van der Waals surface area contributed by atoms with Crippen LogP contribution >= 0.6 is 11.3 Å². The standard InChI is InChI=1S/C55H33N5S/c1-3-16-35(17-4-1)53-56-54(36-18-5-2-6-19-36)58-55(57-53)45-33-38(32-43-42-23-11-14-26-50(42)61-52(43)45)60-48-30-28-37(31-44(48)51-39-20-8-7-15-34(39)27-29-49(51)60)59-46-24-12-9-21-40(46)41-22-10-13-25-47(41)59/h1-33H. The van der Waals surface area contributed by atoms with E-state index in [1.807, 2.05) is 36.4 Å². The van der Waals surface area contributed by atoms with E-state index in [1.165, 1.54) is 58.8 Å². The van der Waals surface area contributed by atoms with Crippen LogP contribution in [0.1, 0.15) is 0 Å². The molecule has 0 bridgehead atoms. The number of aromatic nitrogens is 5. The van der Waals surface area contributed by atoms with Crippen LogP contribution in [0.15, 0.2) is 200 Å². The molecule has 284 valence electrons. The van der Waals surface area contributed by atoms with Crippen molar-refractivity contribution in [3.63, 3.8) is 0 Å². The van der Waals surface area contributed by atoms with Gasteiger partial charge in [-0.3, -0.25) is 0 Å². The molecule has 0 amide bonds. The second kappa shape index (κ2) is 13.3. The third kappa shape index (κ3) is 5.22. The van der Waals surface area contributed by atoms with E-state index in [0.717, 1.165) is 43.8 Å². The lowest BCUT2D eigenvalue weighted by molar-refractivity contribution is 1.07. The Labute approximate surface area is 354 Å². The van der Waals surface area contributed by atoms with Gasteiger partial charge in [-0.25, -0.2) is 15.0 Å². The lowest BCUT2D eigenvalue weighted by Crippen LogP contribution is -2.01. The molecule has 4 heterocycles. The van der Waals surface area contributed by atoms with Gasteiger partial charge in [-0.2, -0.15) is 0 Å². The highest BCUT2D eigenvalue weighted by Gasteiger charge is 2.22. The zero-order valence-electron chi connectivity index (χ0n) is 32.7. The maximum absolute atomic E-state index is 5.27. The molecule has 0 saturated carbocycles. The molecule has 0 aliphatic heterocycles. The Morgan fingerprint density at radius 3 is 1.57 bits per heavy atom. The number of rotatable bonds is 5. The zero-order chi connectivity index (χ0) is 40.0. The normalized spacial score (nSPS) is 11.9. The number of hydrogen-bond donors (Lipinski definition) is 0. The Kier molecular flexibility index (Phi) is 7.41. The van der Waals surface area contributed by atoms with Crippen LogP contribution in [0.2, 0.25) is 0 Å². The number of benzene rings is 9. The highest BCUT2D eigenvalue weighted by molar-refractivity contribution is 7.26. The summed E-state index contributed by atoms with van der Waals surface area (Å²) in [6.07, 6.45) is 0.